The van der Waals surface area contributed by atoms with Crippen LogP contribution >= 0.6 is 0 Å². The van der Waals surface area contributed by atoms with Crippen LogP contribution in [-0.2, 0) is 6.54 Å². The van der Waals surface area contributed by atoms with Crippen molar-refractivity contribution in [3.63, 3.8) is 0 Å². The van der Waals surface area contributed by atoms with E-state index in [2.05, 4.69) is 4.90 Å². The number of fused-ring (bicyclic) bond motifs is 1. The minimum atomic E-state index is -4.85. The Bertz CT molecular complexity index is 727. The maximum Gasteiger partial charge on any atom is 0.454 e. The van der Waals surface area contributed by atoms with E-state index in [1.807, 2.05) is 13.0 Å². The fourth-order valence-electron chi connectivity index (χ4n) is 3.31. The maximum absolute atomic E-state index is 12.8. The third-order valence-corrected chi connectivity index (χ3v) is 4.46. The van der Waals surface area contributed by atoms with Crippen LogP contribution < -0.4 is 0 Å². The zero-order chi connectivity index (χ0) is 16.6. The van der Waals surface area contributed by atoms with Crippen molar-refractivity contribution < 1.29 is 18.0 Å². The SMILES string of the molecule is Cc1cccc2c(C(=O)C(F)(F)F)cn(CCN3CCCC3)c12. The molecule has 3 rings (SSSR count). The monoisotopic (exact) mass is 324 g/mol. The number of para-hydroxylation sites is 1. The Hall–Kier alpha value is -1.82. The molecule has 0 amide bonds. The molecule has 0 spiro atoms. The lowest BCUT2D eigenvalue weighted by atomic mass is 10.1. The van der Waals surface area contributed by atoms with Crippen LogP contribution in [0.25, 0.3) is 10.9 Å². The van der Waals surface area contributed by atoms with Crippen molar-refractivity contribution in [1.29, 1.82) is 0 Å². The van der Waals surface area contributed by atoms with Gasteiger partial charge in [0.05, 0.1) is 11.1 Å². The topological polar surface area (TPSA) is 25.2 Å². The van der Waals surface area contributed by atoms with Gasteiger partial charge in [0.15, 0.2) is 0 Å². The average Bonchev–Trinajstić information content (AvgIpc) is 3.11. The molecule has 0 saturated carbocycles. The lowest BCUT2D eigenvalue weighted by molar-refractivity contribution is -0.0884. The maximum atomic E-state index is 12.8. The van der Waals surface area contributed by atoms with Crippen LogP contribution in [0.15, 0.2) is 24.4 Å². The summed E-state index contributed by atoms with van der Waals surface area (Å²) < 4.78 is 40.3. The van der Waals surface area contributed by atoms with Crippen molar-refractivity contribution in [2.75, 3.05) is 19.6 Å². The minimum absolute atomic E-state index is 0.252. The molecule has 0 unspecified atom stereocenters. The van der Waals surface area contributed by atoms with Crippen molar-refractivity contribution in [2.45, 2.75) is 32.5 Å². The lowest BCUT2D eigenvalue weighted by Crippen LogP contribution is -2.24. The van der Waals surface area contributed by atoms with Crippen LogP contribution in [-0.4, -0.2) is 41.1 Å². The van der Waals surface area contributed by atoms with E-state index in [1.54, 1.807) is 16.7 Å². The molecule has 23 heavy (non-hydrogen) atoms. The fourth-order valence-corrected chi connectivity index (χ4v) is 3.31. The Labute approximate surface area is 132 Å². The standard InChI is InChI=1S/C17H19F3N2O/c1-12-5-4-6-13-14(16(23)17(18,19)20)11-22(15(12)13)10-9-21-7-2-3-8-21/h4-6,11H,2-3,7-10H2,1H3. The summed E-state index contributed by atoms with van der Waals surface area (Å²) in [6.45, 7) is 5.31. The van der Waals surface area contributed by atoms with Crippen LogP contribution in [0.2, 0.25) is 0 Å². The summed E-state index contributed by atoms with van der Waals surface area (Å²) in [5.74, 6) is -1.77. The van der Waals surface area contributed by atoms with Gasteiger partial charge < -0.3 is 9.47 Å². The Balaban J connectivity index is 1.98. The van der Waals surface area contributed by atoms with Gasteiger partial charge in [-0.25, -0.2) is 0 Å². The summed E-state index contributed by atoms with van der Waals surface area (Å²) in [6.07, 6.45) is -1.14. The number of ketones is 1. The zero-order valence-corrected chi connectivity index (χ0v) is 13.0. The molecule has 1 aliphatic heterocycles. The van der Waals surface area contributed by atoms with E-state index in [0.29, 0.717) is 11.9 Å². The van der Waals surface area contributed by atoms with Gasteiger partial charge >= 0.3 is 6.18 Å². The van der Waals surface area contributed by atoms with E-state index in [-0.39, 0.29) is 5.56 Å². The first-order chi connectivity index (χ1) is 10.9. The number of aromatic nitrogens is 1. The van der Waals surface area contributed by atoms with Gasteiger partial charge in [0.1, 0.15) is 0 Å². The van der Waals surface area contributed by atoms with E-state index in [1.165, 1.54) is 19.0 Å². The molecular formula is C17H19F3N2O. The van der Waals surface area contributed by atoms with Gasteiger partial charge in [-0.15, -0.1) is 0 Å². The highest BCUT2D eigenvalue weighted by Gasteiger charge is 2.40. The molecule has 2 heterocycles. The molecule has 0 N–H and O–H groups in total. The molecule has 124 valence electrons. The highest BCUT2D eigenvalue weighted by molar-refractivity contribution is 6.11. The molecule has 1 fully saturated rings. The van der Waals surface area contributed by atoms with Gasteiger partial charge in [0.25, 0.3) is 5.78 Å². The summed E-state index contributed by atoms with van der Waals surface area (Å²) >= 11 is 0. The van der Waals surface area contributed by atoms with Crippen LogP contribution in [0.1, 0.15) is 28.8 Å². The van der Waals surface area contributed by atoms with Gasteiger partial charge in [0.2, 0.25) is 0 Å². The van der Waals surface area contributed by atoms with Crippen LogP contribution in [0.4, 0.5) is 13.2 Å². The number of hydrogen-bond acceptors (Lipinski definition) is 2. The van der Waals surface area contributed by atoms with Crippen LogP contribution in [0, 0.1) is 6.92 Å². The van der Waals surface area contributed by atoms with Crippen molar-refractivity contribution >= 4 is 16.7 Å². The number of hydrogen-bond donors (Lipinski definition) is 0. The lowest BCUT2D eigenvalue weighted by Gasteiger charge is -2.15. The number of benzene rings is 1. The number of Topliss-reactive ketones (excluding diaryl/α,β-unsaturated/α-hetero) is 1. The smallest absolute Gasteiger partial charge is 0.345 e. The molecule has 3 nitrogen and oxygen atoms in total. The van der Waals surface area contributed by atoms with Crippen molar-refractivity contribution in [2.24, 2.45) is 0 Å². The van der Waals surface area contributed by atoms with E-state index in [4.69, 9.17) is 0 Å². The number of alkyl halides is 3. The molecule has 1 aliphatic rings. The number of carbonyl (C=O) groups excluding carboxylic acids is 1. The third-order valence-electron chi connectivity index (χ3n) is 4.46. The van der Waals surface area contributed by atoms with E-state index < -0.39 is 12.0 Å². The van der Waals surface area contributed by atoms with E-state index >= 15 is 0 Å². The van der Waals surface area contributed by atoms with Gasteiger partial charge in [-0.3, -0.25) is 4.79 Å². The van der Waals surface area contributed by atoms with Crippen LogP contribution in [0.3, 0.4) is 0 Å². The van der Waals surface area contributed by atoms with Gasteiger partial charge in [0, 0.05) is 24.7 Å². The molecule has 2 aromatic rings. The number of nitrogens with zero attached hydrogens (tertiary/aromatic N) is 2. The van der Waals surface area contributed by atoms with Gasteiger partial charge in [-0.2, -0.15) is 13.2 Å². The summed E-state index contributed by atoms with van der Waals surface area (Å²) in [7, 11) is 0. The van der Waals surface area contributed by atoms with E-state index in [0.717, 1.165) is 30.7 Å². The fraction of sp³-hybridized carbons (Fsp3) is 0.471. The second-order valence-corrected chi connectivity index (χ2v) is 6.08. The molecular weight excluding hydrogens is 305 g/mol. The molecule has 1 aromatic carbocycles. The summed E-state index contributed by atoms with van der Waals surface area (Å²) in [5, 5.41) is 0.383. The van der Waals surface area contributed by atoms with Crippen molar-refractivity contribution in [1.82, 2.24) is 9.47 Å². The Morgan fingerprint density at radius 3 is 2.52 bits per heavy atom. The molecule has 0 bridgehead atoms. The Morgan fingerprint density at radius 2 is 1.87 bits per heavy atom. The van der Waals surface area contributed by atoms with Crippen molar-refractivity contribution in [3.8, 4) is 0 Å². The highest BCUT2D eigenvalue weighted by Crippen LogP contribution is 2.30. The predicted octanol–water partition coefficient (Wildman–Crippen LogP) is 3.79. The van der Waals surface area contributed by atoms with Gasteiger partial charge in [-0.1, -0.05) is 18.2 Å². The molecule has 0 aliphatic carbocycles. The first kappa shape index (κ1) is 16.1. The van der Waals surface area contributed by atoms with E-state index in [9.17, 15) is 18.0 Å². The first-order valence-electron chi connectivity index (χ1n) is 7.80. The number of rotatable bonds is 4. The summed E-state index contributed by atoms with van der Waals surface area (Å²) in [5.41, 5.74) is 1.35. The largest absolute Gasteiger partial charge is 0.454 e. The quantitative estimate of drug-likeness (QED) is 0.800. The predicted molar refractivity (Wildman–Crippen MR) is 82.7 cm³/mol. The zero-order valence-electron chi connectivity index (χ0n) is 13.0. The number of likely N-dealkylation sites (tertiary alicyclic amines) is 1. The molecule has 1 aromatic heterocycles. The van der Waals surface area contributed by atoms with Gasteiger partial charge in [-0.05, 0) is 38.4 Å². The second-order valence-electron chi connectivity index (χ2n) is 6.08. The molecule has 0 atom stereocenters. The first-order valence-corrected chi connectivity index (χ1v) is 7.80. The Kier molecular flexibility index (Phi) is 4.19. The summed E-state index contributed by atoms with van der Waals surface area (Å²) in [4.78, 5) is 14.0. The Morgan fingerprint density at radius 1 is 1.17 bits per heavy atom. The highest BCUT2D eigenvalue weighted by atomic mass is 19.4. The molecule has 1 saturated heterocycles. The average molecular weight is 324 g/mol. The second kappa shape index (κ2) is 6.00. The number of aryl methyl sites for hydroxylation is 1. The number of carbonyl (C=O) groups is 1. The van der Waals surface area contributed by atoms with Crippen molar-refractivity contribution in [3.05, 3.63) is 35.5 Å². The van der Waals surface area contributed by atoms with Crippen LogP contribution in [0.5, 0.6) is 0 Å². The minimum Gasteiger partial charge on any atom is -0.345 e. The molecule has 6 heteroatoms. The third kappa shape index (κ3) is 3.13. The number of halogens is 3. The molecule has 0 radical (unpaired) electrons. The normalized spacial score (nSPS) is 16.3. The summed E-state index contributed by atoms with van der Waals surface area (Å²) in [6, 6.07) is 5.14.